The Morgan fingerprint density at radius 2 is 1.74 bits per heavy atom. The van der Waals surface area contributed by atoms with E-state index in [1.165, 1.54) is 11.1 Å². The Hall–Kier alpha value is -0.900. The van der Waals surface area contributed by atoms with Gasteiger partial charge in [0.05, 0.1) is 0 Å². The van der Waals surface area contributed by atoms with Crippen molar-refractivity contribution in [2.75, 3.05) is 32.7 Å². The van der Waals surface area contributed by atoms with Crippen LogP contribution >= 0.6 is 0 Å². The predicted octanol–water partition coefficient (Wildman–Crippen LogP) is 1.41. The number of fused-ring (bicyclic) bond motifs is 1. The maximum absolute atomic E-state index is 6.05. The number of hydrogen-bond acceptors (Lipinski definition) is 3. The lowest BCUT2D eigenvalue weighted by atomic mass is 9.96. The Kier molecular flexibility index (Phi) is 4.97. The summed E-state index contributed by atoms with van der Waals surface area (Å²) in [4.78, 5) is 2.44. The maximum atomic E-state index is 6.05. The molecule has 106 valence electrons. The van der Waals surface area contributed by atoms with Crippen LogP contribution in [0.25, 0.3) is 0 Å². The zero-order chi connectivity index (χ0) is 13.7. The van der Waals surface area contributed by atoms with E-state index in [1.807, 2.05) is 0 Å². The third-order valence-electron chi connectivity index (χ3n) is 4.39. The highest BCUT2D eigenvalue weighted by Crippen LogP contribution is 2.29. The molecule has 0 amide bonds. The number of rotatable bonds is 7. The lowest BCUT2D eigenvalue weighted by Crippen LogP contribution is -2.54. The first-order chi connectivity index (χ1) is 9.23. The molecule has 0 spiro atoms. The van der Waals surface area contributed by atoms with Crippen molar-refractivity contribution in [2.24, 2.45) is 5.73 Å². The molecule has 0 aromatic heterocycles. The molecule has 19 heavy (non-hydrogen) atoms. The van der Waals surface area contributed by atoms with Crippen LogP contribution in [0.2, 0.25) is 0 Å². The van der Waals surface area contributed by atoms with Gasteiger partial charge in [0.25, 0.3) is 0 Å². The molecular weight excluding hydrogens is 234 g/mol. The minimum atomic E-state index is 0.0802. The molecule has 1 aliphatic carbocycles. The zero-order valence-corrected chi connectivity index (χ0v) is 12.3. The Bertz CT molecular complexity index is 374. The molecule has 3 N–H and O–H groups in total. The number of nitrogens with one attached hydrogen (secondary N) is 1. The second-order valence-electron chi connectivity index (χ2n) is 5.56. The molecule has 1 aliphatic rings. The van der Waals surface area contributed by atoms with Crippen LogP contribution in [0, 0.1) is 0 Å². The van der Waals surface area contributed by atoms with Crippen LogP contribution in [0.5, 0.6) is 0 Å². The summed E-state index contributed by atoms with van der Waals surface area (Å²) in [6.45, 7) is 9.50. The highest BCUT2D eigenvalue weighted by atomic mass is 15.1. The quantitative estimate of drug-likeness (QED) is 0.780. The molecule has 0 fully saturated rings. The average Bonchev–Trinajstić information content (AvgIpc) is 2.82. The summed E-state index contributed by atoms with van der Waals surface area (Å²) in [6, 6.07) is 8.72. The molecule has 0 saturated carbocycles. The van der Waals surface area contributed by atoms with Gasteiger partial charge in [-0.05, 0) is 37.1 Å². The average molecular weight is 261 g/mol. The highest BCUT2D eigenvalue weighted by molar-refractivity contribution is 5.36. The van der Waals surface area contributed by atoms with Gasteiger partial charge in [0.15, 0.2) is 0 Å². The molecule has 0 bridgehead atoms. The monoisotopic (exact) mass is 261 g/mol. The summed E-state index contributed by atoms with van der Waals surface area (Å²) in [5.41, 5.74) is 9.06. The van der Waals surface area contributed by atoms with Crippen molar-refractivity contribution >= 4 is 0 Å². The number of hydrogen-bond donors (Lipinski definition) is 2. The fourth-order valence-corrected chi connectivity index (χ4v) is 3.05. The Morgan fingerprint density at radius 1 is 1.16 bits per heavy atom. The van der Waals surface area contributed by atoms with Crippen LogP contribution < -0.4 is 11.1 Å². The third kappa shape index (κ3) is 3.35. The van der Waals surface area contributed by atoms with Crippen molar-refractivity contribution in [3.8, 4) is 0 Å². The zero-order valence-electron chi connectivity index (χ0n) is 12.3. The second-order valence-corrected chi connectivity index (χ2v) is 5.56. The molecule has 2 rings (SSSR count). The van der Waals surface area contributed by atoms with E-state index in [2.05, 4.69) is 48.3 Å². The largest absolute Gasteiger partial charge is 0.329 e. The van der Waals surface area contributed by atoms with Gasteiger partial charge >= 0.3 is 0 Å². The number of nitrogens with two attached hydrogens (primary N) is 1. The lowest BCUT2D eigenvalue weighted by molar-refractivity contribution is 0.271. The highest BCUT2D eigenvalue weighted by Gasteiger charge is 2.35. The van der Waals surface area contributed by atoms with E-state index in [1.54, 1.807) is 0 Å². The van der Waals surface area contributed by atoms with Crippen LogP contribution in [-0.4, -0.2) is 43.2 Å². The van der Waals surface area contributed by atoms with Crippen LogP contribution in [0.1, 0.15) is 25.0 Å². The standard InChI is InChI=1S/C16H27N3/c1-3-19(4-2)10-9-18-16(13-17)11-14-7-5-6-8-15(14)12-16/h5-8,18H,3-4,9-13,17H2,1-2H3. The predicted molar refractivity (Wildman–Crippen MR) is 81.4 cm³/mol. The minimum absolute atomic E-state index is 0.0802. The van der Waals surface area contributed by atoms with Crippen molar-refractivity contribution in [1.82, 2.24) is 10.2 Å². The summed E-state index contributed by atoms with van der Waals surface area (Å²) >= 11 is 0. The molecule has 0 radical (unpaired) electrons. The minimum Gasteiger partial charge on any atom is -0.329 e. The summed E-state index contributed by atoms with van der Waals surface area (Å²) < 4.78 is 0. The Labute approximate surface area is 117 Å². The fourth-order valence-electron chi connectivity index (χ4n) is 3.05. The van der Waals surface area contributed by atoms with E-state index in [9.17, 15) is 0 Å². The van der Waals surface area contributed by atoms with Crippen LogP contribution in [-0.2, 0) is 12.8 Å². The van der Waals surface area contributed by atoms with Crippen molar-refractivity contribution in [3.05, 3.63) is 35.4 Å². The van der Waals surface area contributed by atoms with Crippen LogP contribution in [0.15, 0.2) is 24.3 Å². The maximum Gasteiger partial charge on any atom is 0.0385 e. The molecule has 0 unspecified atom stereocenters. The molecule has 0 saturated heterocycles. The van der Waals surface area contributed by atoms with Gasteiger partial charge in [-0.15, -0.1) is 0 Å². The van der Waals surface area contributed by atoms with E-state index in [-0.39, 0.29) is 5.54 Å². The second kappa shape index (κ2) is 6.51. The van der Waals surface area contributed by atoms with E-state index in [0.717, 1.165) is 39.0 Å². The van der Waals surface area contributed by atoms with Gasteiger partial charge < -0.3 is 16.0 Å². The molecule has 3 heteroatoms. The summed E-state index contributed by atoms with van der Waals surface area (Å²) in [5, 5.41) is 3.72. The smallest absolute Gasteiger partial charge is 0.0385 e. The van der Waals surface area contributed by atoms with Gasteiger partial charge in [-0.3, -0.25) is 0 Å². The topological polar surface area (TPSA) is 41.3 Å². The van der Waals surface area contributed by atoms with Gasteiger partial charge in [-0.2, -0.15) is 0 Å². The van der Waals surface area contributed by atoms with E-state index in [0.29, 0.717) is 6.54 Å². The van der Waals surface area contributed by atoms with E-state index < -0.39 is 0 Å². The first-order valence-corrected chi connectivity index (χ1v) is 7.47. The summed E-state index contributed by atoms with van der Waals surface area (Å²) in [6.07, 6.45) is 2.13. The first kappa shape index (κ1) is 14.5. The molecule has 0 atom stereocenters. The van der Waals surface area contributed by atoms with Gasteiger partial charge in [0.1, 0.15) is 0 Å². The first-order valence-electron chi connectivity index (χ1n) is 7.47. The van der Waals surface area contributed by atoms with Crippen molar-refractivity contribution in [1.29, 1.82) is 0 Å². The van der Waals surface area contributed by atoms with Gasteiger partial charge in [0, 0.05) is 25.2 Å². The van der Waals surface area contributed by atoms with Gasteiger partial charge in [-0.25, -0.2) is 0 Å². The molecular formula is C16H27N3. The van der Waals surface area contributed by atoms with Crippen LogP contribution in [0.4, 0.5) is 0 Å². The molecule has 0 aliphatic heterocycles. The van der Waals surface area contributed by atoms with Gasteiger partial charge in [-0.1, -0.05) is 38.1 Å². The molecule has 1 aromatic rings. The number of nitrogens with zero attached hydrogens (tertiary/aromatic N) is 1. The van der Waals surface area contributed by atoms with E-state index in [4.69, 9.17) is 5.73 Å². The Morgan fingerprint density at radius 3 is 2.21 bits per heavy atom. The normalized spacial score (nSPS) is 16.8. The summed E-state index contributed by atoms with van der Waals surface area (Å²) in [7, 11) is 0. The van der Waals surface area contributed by atoms with Gasteiger partial charge in [0.2, 0.25) is 0 Å². The number of likely N-dealkylation sites (N-methyl/N-ethyl adjacent to an activating group) is 1. The summed E-state index contributed by atoms with van der Waals surface area (Å²) in [5.74, 6) is 0. The van der Waals surface area contributed by atoms with E-state index >= 15 is 0 Å². The van der Waals surface area contributed by atoms with Crippen LogP contribution in [0.3, 0.4) is 0 Å². The SMILES string of the molecule is CCN(CC)CCNC1(CN)Cc2ccccc2C1. The van der Waals surface area contributed by atoms with Crippen molar-refractivity contribution in [3.63, 3.8) is 0 Å². The number of benzene rings is 1. The van der Waals surface area contributed by atoms with Crippen molar-refractivity contribution in [2.45, 2.75) is 32.2 Å². The lowest BCUT2D eigenvalue weighted by Gasteiger charge is -2.30. The molecule has 1 aromatic carbocycles. The third-order valence-corrected chi connectivity index (χ3v) is 4.39. The molecule has 3 nitrogen and oxygen atoms in total. The Balaban J connectivity index is 1.91. The van der Waals surface area contributed by atoms with Crippen molar-refractivity contribution < 1.29 is 0 Å². The molecule has 0 heterocycles. The fraction of sp³-hybridized carbons (Fsp3) is 0.625.